The minimum Gasteiger partial charge on any atom is -0.444 e. The summed E-state index contributed by atoms with van der Waals surface area (Å²) in [5, 5.41) is 11.0. The second-order valence-electron chi connectivity index (χ2n) is 6.61. The zero-order valence-electron chi connectivity index (χ0n) is 12.9. The molecular formula is C15H22BrNO3S. The average molecular weight is 376 g/mol. The Balaban J connectivity index is 2.07. The minimum atomic E-state index is -0.866. The highest BCUT2D eigenvalue weighted by Crippen LogP contribution is 2.41. The van der Waals surface area contributed by atoms with Gasteiger partial charge < -0.3 is 14.7 Å². The summed E-state index contributed by atoms with van der Waals surface area (Å²) < 4.78 is 6.41. The summed E-state index contributed by atoms with van der Waals surface area (Å²) in [5.41, 5.74) is -1.36. The van der Waals surface area contributed by atoms with Crippen LogP contribution in [0.2, 0.25) is 0 Å². The molecule has 0 aromatic carbocycles. The zero-order chi connectivity index (χ0) is 15.8. The van der Waals surface area contributed by atoms with E-state index in [0.717, 1.165) is 8.66 Å². The number of hydrogen-bond acceptors (Lipinski definition) is 4. The Morgan fingerprint density at radius 2 is 2.19 bits per heavy atom. The number of ether oxygens (including phenoxy) is 1. The number of thiophene rings is 1. The topological polar surface area (TPSA) is 49.8 Å². The number of hydrogen-bond donors (Lipinski definition) is 1. The summed E-state index contributed by atoms with van der Waals surface area (Å²) >= 11 is 4.98. The van der Waals surface area contributed by atoms with Crippen molar-refractivity contribution < 1.29 is 14.6 Å². The van der Waals surface area contributed by atoms with E-state index >= 15 is 0 Å². The molecule has 1 aliphatic rings. The maximum Gasteiger partial charge on any atom is 0.410 e. The Morgan fingerprint density at radius 1 is 1.52 bits per heavy atom. The van der Waals surface area contributed by atoms with Crippen LogP contribution in [0, 0.1) is 5.92 Å². The molecule has 0 saturated carbocycles. The largest absolute Gasteiger partial charge is 0.444 e. The van der Waals surface area contributed by atoms with Gasteiger partial charge >= 0.3 is 6.09 Å². The highest BCUT2D eigenvalue weighted by atomic mass is 79.9. The first-order chi connectivity index (χ1) is 9.62. The number of halogens is 1. The highest BCUT2D eigenvalue weighted by molar-refractivity contribution is 9.11. The number of carbonyl (C=O) groups excluding carboxylic acids is 1. The molecule has 6 heteroatoms. The van der Waals surface area contributed by atoms with Gasteiger partial charge in [0.2, 0.25) is 0 Å². The van der Waals surface area contributed by atoms with Crippen LogP contribution in [0.3, 0.4) is 0 Å². The van der Waals surface area contributed by atoms with Crippen LogP contribution >= 0.6 is 27.3 Å². The molecule has 0 bridgehead atoms. The van der Waals surface area contributed by atoms with Crippen LogP contribution in [0.1, 0.15) is 39.0 Å². The highest BCUT2D eigenvalue weighted by Gasteiger charge is 2.43. The number of aliphatic hydroxyl groups is 1. The van der Waals surface area contributed by atoms with Gasteiger partial charge in [-0.3, -0.25) is 0 Å². The maximum absolute atomic E-state index is 12.1. The van der Waals surface area contributed by atoms with E-state index in [1.165, 1.54) is 0 Å². The molecule has 0 spiro atoms. The lowest BCUT2D eigenvalue weighted by molar-refractivity contribution is -0.0709. The predicted octanol–water partition coefficient (Wildman–Crippen LogP) is 3.98. The minimum absolute atomic E-state index is 0.0377. The van der Waals surface area contributed by atoms with Crippen molar-refractivity contribution in [3.05, 3.63) is 20.8 Å². The second-order valence-corrected chi connectivity index (χ2v) is 9.07. The van der Waals surface area contributed by atoms with E-state index in [4.69, 9.17) is 4.74 Å². The Labute approximate surface area is 138 Å². The number of amides is 1. The van der Waals surface area contributed by atoms with Crippen molar-refractivity contribution in [1.29, 1.82) is 0 Å². The fourth-order valence-electron chi connectivity index (χ4n) is 2.53. The van der Waals surface area contributed by atoms with Gasteiger partial charge in [0.1, 0.15) is 11.2 Å². The third kappa shape index (κ3) is 3.79. The van der Waals surface area contributed by atoms with E-state index in [-0.39, 0.29) is 12.0 Å². The normalized spacial score (nSPS) is 26.8. The molecule has 0 radical (unpaired) electrons. The van der Waals surface area contributed by atoms with Crippen LogP contribution in [-0.4, -0.2) is 34.8 Å². The zero-order valence-corrected chi connectivity index (χ0v) is 15.3. The van der Waals surface area contributed by atoms with Crippen molar-refractivity contribution in [2.45, 2.75) is 45.3 Å². The standard InChI is InChI=1S/C15H22BrNO3S/c1-10-9-17(13(18)20-14(2,3)4)8-7-15(10,19)11-5-6-12(16)21-11/h5-6,10,19H,7-9H2,1-4H3. The molecule has 2 rings (SSSR count). The number of nitrogens with zero attached hydrogens (tertiary/aromatic N) is 1. The van der Waals surface area contributed by atoms with Gasteiger partial charge in [-0.25, -0.2) is 4.79 Å². The SMILES string of the molecule is CC1CN(C(=O)OC(C)(C)C)CCC1(O)c1ccc(Br)s1. The van der Waals surface area contributed by atoms with Crippen molar-refractivity contribution in [2.24, 2.45) is 5.92 Å². The van der Waals surface area contributed by atoms with E-state index in [2.05, 4.69) is 15.9 Å². The summed E-state index contributed by atoms with van der Waals surface area (Å²) in [7, 11) is 0. The van der Waals surface area contributed by atoms with Gasteiger partial charge in [0.25, 0.3) is 0 Å². The van der Waals surface area contributed by atoms with E-state index < -0.39 is 11.2 Å². The van der Waals surface area contributed by atoms with Gasteiger partial charge in [0, 0.05) is 23.9 Å². The summed E-state index contributed by atoms with van der Waals surface area (Å²) in [6.45, 7) is 8.56. The molecule has 1 N–H and O–H groups in total. The van der Waals surface area contributed by atoms with E-state index in [1.807, 2.05) is 39.8 Å². The number of likely N-dealkylation sites (tertiary alicyclic amines) is 1. The molecule has 1 saturated heterocycles. The predicted molar refractivity (Wildman–Crippen MR) is 87.5 cm³/mol. The summed E-state index contributed by atoms with van der Waals surface area (Å²) in [5.74, 6) is -0.0377. The van der Waals surface area contributed by atoms with Crippen molar-refractivity contribution in [3.63, 3.8) is 0 Å². The molecule has 21 heavy (non-hydrogen) atoms. The lowest BCUT2D eigenvalue weighted by Gasteiger charge is -2.42. The lowest BCUT2D eigenvalue weighted by Crippen LogP contribution is -2.51. The number of carbonyl (C=O) groups is 1. The molecule has 2 unspecified atom stereocenters. The third-order valence-corrected chi connectivity index (χ3v) is 5.51. The van der Waals surface area contributed by atoms with Gasteiger partial charge in [0.05, 0.1) is 3.79 Å². The van der Waals surface area contributed by atoms with Crippen LogP contribution in [-0.2, 0) is 10.3 Å². The van der Waals surface area contributed by atoms with Crippen molar-refractivity contribution in [3.8, 4) is 0 Å². The first kappa shape index (κ1) is 16.8. The number of rotatable bonds is 1. The quantitative estimate of drug-likeness (QED) is 0.807. The third-order valence-electron chi connectivity index (χ3n) is 3.72. The van der Waals surface area contributed by atoms with E-state index in [1.54, 1.807) is 16.2 Å². The second kappa shape index (κ2) is 5.89. The molecule has 1 aromatic heterocycles. The average Bonchev–Trinajstić information content (AvgIpc) is 2.78. The van der Waals surface area contributed by atoms with Crippen molar-refractivity contribution in [2.75, 3.05) is 13.1 Å². The van der Waals surface area contributed by atoms with Crippen LogP contribution in [0.15, 0.2) is 15.9 Å². The Morgan fingerprint density at radius 3 is 2.67 bits per heavy atom. The van der Waals surface area contributed by atoms with Crippen LogP contribution in [0.25, 0.3) is 0 Å². The Kier molecular flexibility index (Phi) is 4.71. The van der Waals surface area contributed by atoms with Crippen LogP contribution in [0.5, 0.6) is 0 Å². The maximum atomic E-state index is 12.1. The summed E-state index contributed by atoms with van der Waals surface area (Å²) in [4.78, 5) is 14.8. The molecule has 118 valence electrons. The molecule has 2 atom stereocenters. The van der Waals surface area contributed by atoms with Gasteiger partial charge in [-0.1, -0.05) is 6.92 Å². The molecule has 0 aliphatic carbocycles. The summed E-state index contributed by atoms with van der Waals surface area (Å²) in [6, 6.07) is 3.90. The van der Waals surface area contributed by atoms with Crippen LogP contribution < -0.4 is 0 Å². The summed E-state index contributed by atoms with van der Waals surface area (Å²) in [6.07, 6.45) is 0.226. The molecule has 1 aliphatic heterocycles. The van der Waals surface area contributed by atoms with E-state index in [0.29, 0.717) is 19.5 Å². The molecule has 2 heterocycles. The van der Waals surface area contributed by atoms with Crippen molar-refractivity contribution in [1.82, 2.24) is 4.90 Å². The van der Waals surface area contributed by atoms with Crippen LogP contribution in [0.4, 0.5) is 4.79 Å². The molecule has 4 nitrogen and oxygen atoms in total. The fourth-order valence-corrected chi connectivity index (χ4v) is 4.15. The lowest BCUT2D eigenvalue weighted by atomic mass is 9.81. The number of piperidine rings is 1. The molecule has 1 aromatic rings. The fraction of sp³-hybridized carbons (Fsp3) is 0.667. The van der Waals surface area contributed by atoms with Gasteiger partial charge in [-0.05, 0) is 55.3 Å². The monoisotopic (exact) mass is 375 g/mol. The first-order valence-electron chi connectivity index (χ1n) is 7.08. The Bertz CT molecular complexity index is 525. The van der Waals surface area contributed by atoms with Crippen molar-refractivity contribution >= 4 is 33.4 Å². The Hall–Kier alpha value is -0.590. The van der Waals surface area contributed by atoms with Gasteiger partial charge in [-0.2, -0.15) is 0 Å². The first-order valence-corrected chi connectivity index (χ1v) is 8.69. The molecular weight excluding hydrogens is 354 g/mol. The van der Waals surface area contributed by atoms with Gasteiger partial charge in [0.15, 0.2) is 0 Å². The van der Waals surface area contributed by atoms with Gasteiger partial charge in [-0.15, -0.1) is 11.3 Å². The smallest absolute Gasteiger partial charge is 0.410 e. The molecule has 1 fully saturated rings. The van der Waals surface area contributed by atoms with E-state index in [9.17, 15) is 9.90 Å². The molecule has 1 amide bonds.